The number of nitrogens with two attached hydrogens (primary N) is 1. The van der Waals surface area contributed by atoms with Crippen LogP contribution in [0.2, 0.25) is 4.34 Å². The van der Waals surface area contributed by atoms with Crippen LogP contribution < -0.4 is 5.73 Å². The lowest BCUT2D eigenvalue weighted by atomic mass is 9.94. The smallest absolute Gasteiger partial charge is 0.0931 e. The summed E-state index contributed by atoms with van der Waals surface area (Å²) in [6.45, 7) is 0. The molecule has 0 spiro atoms. The number of rotatable bonds is 2. The van der Waals surface area contributed by atoms with E-state index in [9.17, 15) is 0 Å². The molecular formula is C10H14ClNS. The van der Waals surface area contributed by atoms with Gasteiger partial charge in [-0.2, -0.15) is 0 Å². The Labute approximate surface area is 87.9 Å². The highest BCUT2D eigenvalue weighted by Gasteiger charge is 2.23. The van der Waals surface area contributed by atoms with Gasteiger partial charge in [0, 0.05) is 6.04 Å². The molecule has 1 atom stereocenters. The zero-order chi connectivity index (χ0) is 9.26. The Hall–Kier alpha value is -0.0500. The third-order valence-electron chi connectivity index (χ3n) is 2.88. The summed E-state index contributed by atoms with van der Waals surface area (Å²) in [5.41, 5.74) is 7.39. The first kappa shape index (κ1) is 9.50. The third-order valence-corrected chi connectivity index (χ3v) is 3.99. The van der Waals surface area contributed by atoms with Crippen LogP contribution in [0.4, 0.5) is 0 Å². The Bertz CT molecular complexity index is 278. The average Bonchev–Trinajstić information content (AvgIpc) is 2.72. The maximum absolute atomic E-state index is 6.16. The van der Waals surface area contributed by atoms with Gasteiger partial charge in [-0.15, -0.1) is 11.3 Å². The van der Waals surface area contributed by atoms with E-state index in [4.69, 9.17) is 17.3 Å². The van der Waals surface area contributed by atoms with Crippen LogP contribution in [0.1, 0.15) is 37.3 Å². The fourth-order valence-electron chi connectivity index (χ4n) is 2.09. The van der Waals surface area contributed by atoms with Gasteiger partial charge in [-0.25, -0.2) is 0 Å². The predicted molar refractivity (Wildman–Crippen MR) is 58.2 cm³/mol. The minimum absolute atomic E-state index is 0.214. The van der Waals surface area contributed by atoms with Crippen molar-refractivity contribution in [3.63, 3.8) is 0 Å². The summed E-state index contributed by atoms with van der Waals surface area (Å²) in [6, 6.07) is 2.22. The quantitative estimate of drug-likeness (QED) is 0.802. The molecule has 0 radical (unpaired) electrons. The number of hydrogen-bond acceptors (Lipinski definition) is 2. The van der Waals surface area contributed by atoms with E-state index < -0.39 is 0 Å². The first-order valence-electron chi connectivity index (χ1n) is 4.77. The van der Waals surface area contributed by atoms with Crippen molar-refractivity contribution >= 4 is 22.9 Å². The molecule has 0 aliphatic heterocycles. The molecule has 1 aliphatic rings. The molecule has 0 bridgehead atoms. The monoisotopic (exact) mass is 215 g/mol. The Balaban J connectivity index is 2.07. The second-order valence-electron chi connectivity index (χ2n) is 3.75. The molecule has 0 saturated heterocycles. The number of thiophene rings is 1. The molecule has 1 fully saturated rings. The van der Waals surface area contributed by atoms with Crippen LogP contribution in [0.5, 0.6) is 0 Å². The Morgan fingerprint density at radius 2 is 2.15 bits per heavy atom. The van der Waals surface area contributed by atoms with Crippen molar-refractivity contribution < 1.29 is 0 Å². The fourth-order valence-corrected chi connectivity index (χ4v) is 3.02. The average molecular weight is 216 g/mol. The maximum Gasteiger partial charge on any atom is 0.0931 e. The van der Waals surface area contributed by atoms with Gasteiger partial charge in [0.2, 0.25) is 0 Å². The van der Waals surface area contributed by atoms with Crippen molar-refractivity contribution in [1.29, 1.82) is 0 Å². The second-order valence-corrected chi connectivity index (χ2v) is 5.30. The molecule has 1 aliphatic carbocycles. The van der Waals surface area contributed by atoms with E-state index >= 15 is 0 Å². The lowest BCUT2D eigenvalue weighted by molar-refractivity contribution is 0.446. The van der Waals surface area contributed by atoms with Gasteiger partial charge in [0.05, 0.1) is 4.34 Å². The molecule has 1 saturated carbocycles. The molecule has 1 heterocycles. The molecule has 1 aromatic rings. The molecule has 2 N–H and O–H groups in total. The minimum atomic E-state index is 0.214. The summed E-state index contributed by atoms with van der Waals surface area (Å²) in [5, 5.41) is 2.09. The molecule has 1 unspecified atom stereocenters. The van der Waals surface area contributed by atoms with Gasteiger partial charge in [0.15, 0.2) is 0 Å². The summed E-state index contributed by atoms with van der Waals surface area (Å²) in [6.07, 6.45) is 5.26. The summed E-state index contributed by atoms with van der Waals surface area (Å²) in [7, 11) is 0. The van der Waals surface area contributed by atoms with Gasteiger partial charge < -0.3 is 5.73 Å². The fraction of sp³-hybridized carbons (Fsp3) is 0.600. The van der Waals surface area contributed by atoms with Crippen molar-refractivity contribution in [1.82, 2.24) is 0 Å². The molecule has 0 aromatic carbocycles. The van der Waals surface area contributed by atoms with E-state index in [0.717, 1.165) is 4.34 Å². The van der Waals surface area contributed by atoms with Gasteiger partial charge in [-0.1, -0.05) is 24.4 Å². The summed E-state index contributed by atoms with van der Waals surface area (Å²) in [4.78, 5) is 0. The SMILES string of the molecule is NC(c1csc(Cl)c1)C1CCCC1. The van der Waals surface area contributed by atoms with Crippen molar-refractivity contribution in [2.45, 2.75) is 31.7 Å². The highest BCUT2D eigenvalue weighted by Crippen LogP contribution is 2.36. The second kappa shape index (κ2) is 3.99. The van der Waals surface area contributed by atoms with Crippen LogP contribution in [-0.4, -0.2) is 0 Å². The van der Waals surface area contributed by atoms with Crippen LogP contribution >= 0.6 is 22.9 Å². The van der Waals surface area contributed by atoms with Crippen molar-refractivity contribution in [2.24, 2.45) is 11.7 Å². The van der Waals surface area contributed by atoms with Crippen LogP contribution in [-0.2, 0) is 0 Å². The highest BCUT2D eigenvalue weighted by molar-refractivity contribution is 7.14. The third kappa shape index (κ3) is 2.06. The first-order chi connectivity index (χ1) is 6.27. The van der Waals surface area contributed by atoms with Gasteiger partial charge in [0.1, 0.15) is 0 Å². The summed E-state index contributed by atoms with van der Waals surface area (Å²) >= 11 is 7.45. The van der Waals surface area contributed by atoms with Crippen LogP contribution in [0, 0.1) is 5.92 Å². The molecule has 1 aromatic heterocycles. The van der Waals surface area contributed by atoms with E-state index in [1.54, 1.807) is 11.3 Å². The van der Waals surface area contributed by atoms with Crippen molar-refractivity contribution in [2.75, 3.05) is 0 Å². The minimum Gasteiger partial charge on any atom is -0.324 e. The van der Waals surface area contributed by atoms with E-state index in [1.165, 1.54) is 31.2 Å². The summed E-state index contributed by atoms with van der Waals surface area (Å²) < 4.78 is 0.850. The normalized spacial score (nSPS) is 20.8. The Kier molecular flexibility index (Phi) is 2.92. The highest BCUT2D eigenvalue weighted by atomic mass is 35.5. The van der Waals surface area contributed by atoms with Crippen molar-refractivity contribution in [3.05, 3.63) is 21.3 Å². The zero-order valence-corrected chi connectivity index (χ0v) is 9.07. The summed E-state index contributed by atoms with van der Waals surface area (Å²) in [5.74, 6) is 0.686. The van der Waals surface area contributed by atoms with Gasteiger partial charge in [-0.05, 0) is 35.8 Å². The van der Waals surface area contributed by atoms with Crippen molar-refractivity contribution in [3.8, 4) is 0 Å². The molecule has 1 nitrogen and oxygen atoms in total. The van der Waals surface area contributed by atoms with E-state index in [0.29, 0.717) is 5.92 Å². The zero-order valence-electron chi connectivity index (χ0n) is 7.50. The predicted octanol–water partition coefficient (Wildman–Crippen LogP) is 3.59. The largest absolute Gasteiger partial charge is 0.324 e. The van der Waals surface area contributed by atoms with E-state index in [-0.39, 0.29) is 6.04 Å². The Morgan fingerprint density at radius 3 is 2.69 bits per heavy atom. The topological polar surface area (TPSA) is 26.0 Å². The molecule has 0 amide bonds. The van der Waals surface area contributed by atoms with E-state index in [1.807, 2.05) is 6.07 Å². The maximum atomic E-state index is 6.16. The first-order valence-corrected chi connectivity index (χ1v) is 6.02. The number of halogens is 1. The Morgan fingerprint density at radius 1 is 1.46 bits per heavy atom. The molecule has 72 valence electrons. The lowest BCUT2D eigenvalue weighted by Gasteiger charge is -2.17. The molecule has 2 rings (SSSR count). The van der Waals surface area contributed by atoms with Gasteiger partial charge in [0.25, 0.3) is 0 Å². The van der Waals surface area contributed by atoms with Gasteiger partial charge >= 0.3 is 0 Å². The standard InChI is InChI=1S/C10H14ClNS/c11-9-5-8(6-13-9)10(12)7-3-1-2-4-7/h5-7,10H,1-4,12H2. The molecular weight excluding hydrogens is 202 g/mol. The lowest BCUT2D eigenvalue weighted by Crippen LogP contribution is -2.18. The van der Waals surface area contributed by atoms with Crippen LogP contribution in [0.3, 0.4) is 0 Å². The van der Waals surface area contributed by atoms with Gasteiger partial charge in [-0.3, -0.25) is 0 Å². The number of hydrogen-bond donors (Lipinski definition) is 1. The van der Waals surface area contributed by atoms with Crippen LogP contribution in [0.15, 0.2) is 11.4 Å². The van der Waals surface area contributed by atoms with Crippen LogP contribution in [0.25, 0.3) is 0 Å². The molecule has 3 heteroatoms. The molecule has 13 heavy (non-hydrogen) atoms. The van der Waals surface area contributed by atoms with E-state index in [2.05, 4.69) is 5.38 Å².